The zero-order chi connectivity index (χ0) is 24.4. The molecule has 0 unspecified atom stereocenters. The van der Waals surface area contributed by atoms with Crippen molar-refractivity contribution in [3.63, 3.8) is 0 Å². The van der Waals surface area contributed by atoms with Gasteiger partial charge in [-0.3, -0.25) is 14.4 Å². The number of ether oxygens (including phenoxy) is 1. The van der Waals surface area contributed by atoms with E-state index in [1.165, 1.54) is 16.8 Å². The lowest BCUT2D eigenvalue weighted by atomic mass is 9.84. The van der Waals surface area contributed by atoms with Crippen molar-refractivity contribution in [1.29, 1.82) is 0 Å². The van der Waals surface area contributed by atoms with Gasteiger partial charge in [0.25, 0.3) is 11.8 Å². The van der Waals surface area contributed by atoms with E-state index in [1.54, 1.807) is 11.9 Å². The number of carbonyl (C=O) groups excluding carboxylic acids is 2. The molecular formula is C24H27F2N3O5. The molecule has 2 atom stereocenters. The minimum absolute atomic E-state index is 0.0327. The van der Waals surface area contributed by atoms with Gasteiger partial charge in [0.1, 0.15) is 17.2 Å². The normalized spacial score (nSPS) is 20.9. The highest BCUT2D eigenvalue weighted by Gasteiger charge is 2.35. The number of nitrogens with zero attached hydrogens (tertiary/aromatic N) is 2. The summed E-state index contributed by atoms with van der Waals surface area (Å²) < 4.78 is 34.1. The van der Waals surface area contributed by atoms with E-state index in [-0.39, 0.29) is 42.9 Å². The Balaban J connectivity index is 1.63. The van der Waals surface area contributed by atoms with Gasteiger partial charge in [0.2, 0.25) is 5.43 Å². The quantitative estimate of drug-likeness (QED) is 0.710. The third-order valence-corrected chi connectivity index (χ3v) is 6.65. The van der Waals surface area contributed by atoms with Crippen molar-refractivity contribution in [1.82, 2.24) is 14.8 Å². The predicted molar refractivity (Wildman–Crippen MR) is 119 cm³/mol. The monoisotopic (exact) mass is 475 g/mol. The van der Waals surface area contributed by atoms with Crippen LogP contribution in [0.3, 0.4) is 0 Å². The fourth-order valence-corrected chi connectivity index (χ4v) is 4.76. The fraction of sp³-hybridized carbons (Fsp3) is 0.458. The molecule has 1 aliphatic heterocycles. The summed E-state index contributed by atoms with van der Waals surface area (Å²) in [5.41, 5.74) is -1.55. The number of halogens is 2. The van der Waals surface area contributed by atoms with Crippen LogP contribution < -0.4 is 10.7 Å². The van der Waals surface area contributed by atoms with E-state index in [1.807, 2.05) is 0 Å². The van der Waals surface area contributed by atoms with Crippen LogP contribution in [0.25, 0.3) is 0 Å². The van der Waals surface area contributed by atoms with Crippen LogP contribution in [0.2, 0.25) is 0 Å². The Morgan fingerprint density at radius 2 is 2.00 bits per heavy atom. The Hall–Kier alpha value is -3.27. The van der Waals surface area contributed by atoms with Crippen molar-refractivity contribution in [2.45, 2.75) is 44.8 Å². The molecule has 34 heavy (non-hydrogen) atoms. The van der Waals surface area contributed by atoms with Gasteiger partial charge >= 0.3 is 0 Å². The van der Waals surface area contributed by atoms with Crippen LogP contribution in [0.4, 0.5) is 8.78 Å². The number of aromatic hydroxyl groups is 1. The van der Waals surface area contributed by atoms with Crippen molar-refractivity contribution in [2.24, 2.45) is 5.92 Å². The standard InChI is InChI=1S/C24H27F2N3O5/c1-28-19-5-3-2-4-15(19)13-34-9-8-29-12-17(21(30)22(31)20(29)24(28)33)23(32)27-11-14-6-7-16(25)10-18(14)26/h6-7,10,12,15,19,31H,2-5,8-9,11,13H2,1H3,(H,27,32)/t15-,19-/m0/s1. The molecule has 0 radical (unpaired) electrons. The van der Waals surface area contributed by atoms with Gasteiger partial charge in [-0.1, -0.05) is 18.9 Å². The molecule has 4 rings (SSSR count). The maximum Gasteiger partial charge on any atom is 0.274 e. The van der Waals surface area contributed by atoms with Crippen LogP contribution in [-0.4, -0.2) is 52.7 Å². The molecule has 1 aromatic heterocycles. The van der Waals surface area contributed by atoms with E-state index < -0.39 is 40.2 Å². The Kier molecular flexibility index (Phi) is 6.97. The molecule has 2 aromatic rings. The Labute approximate surface area is 195 Å². The van der Waals surface area contributed by atoms with Crippen molar-refractivity contribution in [3.8, 4) is 5.75 Å². The average Bonchev–Trinajstić information content (AvgIpc) is 2.82. The highest BCUT2D eigenvalue weighted by molar-refractivity contribution is 5.98. The van der Waals surface area contributed by atoms with Gasteiger partial charge in [0.15, 0.2) is 11.4 Å². The van der Waals surface area contributed by atoms with Gasteiger partial charge in [-0.05, 0) is 18.9 Å². The summed E-state index contributed by atoms with van der Waals surface area (Å²) in [5, 5.41) is 13.1. The fourth-order valence-electron chi connectivity index (χ4n) is 4.76. The molecule has 0 saturated heterocycles. The first-order valence-electron chi connectivity index (χ1n) is 11.3. The number of aromatic nitrogens is 1. The first kappa shape index (κ1) is 23.9. The third kappa shape index (κ3) is 4.68. The summed E-state index contributed by atoms with van der Waals surface area (Å²) >= 11 is 0. The first-order chi connectivity index (χ1) is 16.3. The minimum Gasteiger partial charge on any atom is -0.503 e. The van der Waals surface area contributed by atoms with Crippen LogP contribution in [0.5, 0.6) is 5.75 Å². The van der Waals surface area contributed by atoms with Crippen molar-refractivity contribution >= 4 is 11.8 Å². The first-order valence-corrected chi connectivity index (χ1v) is 11.3. The largest absolute Gasteiger partial charge is 0.503 e. The van der Waals surface area contributed by atoms with E-state index in [2.05, 4.69) is 5.32 Å². The second-order valence-electron chi connectivity index (χ2n) is 8.78. The van der Waals surface area contributed by atoms with E-state index in [0.717, 1.165) is 31.7 Å². The molecule has 1 fully saturated rings. The highest BCUT2D eigenvalue weighted by Crippen LogP contribution is 2.30. The van der Waals surface area contributed by atoms with Gasteiger partial charge in [0.05, 0.1) is 13.2 Å². The predicted octanol–water partition coefficient (Wildman–Crippen LogP) is 2.42. The minimum atomic E-state index is -0.997. The number of fused-ring (bicyclic) bond motifs is 2. The zero-order valence-electron chi connectivity index (χ0n) is 18.9. The number of amides is 2. The molecule has 1 saturated carbocycles. The topological polar surface area (TPSA) is 101 Å². The van der Waals surface area contributed by atoms with E-state index >= 15 is 0 Å². The number of pyridine rings is 1. The lowest BCUT2D eigenvalue weighted by Crippen LogP contribution is -2.47. The molecule has 1 aliphatic carbocycles. The van der Waals surface area contributed by atoms with Crippen LogP contribution in [0.1, 0.15) is 52.1 Å². The van der Waals surface area contributed by atoms with Crippen LogP contribution in [0, 0.1) is 17.6 Å². The maximum atomic E-state index is 13.9. The number of rotatable bonds is 3. The second-order valence-corrected chi connectivity index (χ2v) is 8.78. The Morgan fingerprint density at radius 1 is 1.24 bits per heavy atom. The lowest BCUT2D eigenvalue weighted by molar-refractivity contribution is 0.0238. The molecule has 2 heterocycles. The Bertz CT molecular complexity index is 1170. The number of benzene rings is 1. The number of nitrogens with one attached hydrogen (secondary N) is 1. The lowest BCUT2D eigenvalue weighted by Gasteiger charge is -2.39. The summed E-state index contributed by atoms with van der Waals surface area (Å²) in [6, 6.07) is 2.86. The van der Waals surface area contributed by atoms with E-state index in [9.17, 15) is 28.3 Å². The summed E-state index contributed by atoms with van der Waals surface area (Å²) in [4.78, 5) is 40.4. The maximum absolute atomic E-state index is 13.9. The summed E-state index contributed by atoms with van der Waals surface area (Å²) in [6.45, 7) is 0.589. The smallest absolute Gasteiger partial charge is 0.274 e. The van der Waals surface area contributed by atoms with Gasteiger partial charge in [-0.2, -0.15) is 0 Å². The van der Waals surface area contributed by atoms with Crippen molar-refractivity contribution in [3.05, 3.63) is 63.1 Å². The molecule has 8 nitrogen and oxygen atoms in total. The third-order valence-electron chi connectivity index (χ3n) is 6.65. The van der Waals surface area contributed by atoms with E-state index in [0.29, 0.717) is 12.7 Å². The van der Waals surface area contributed by atoms with Crippen molar-refractivity contribution < 1.29 is 28.2 Å². The van der Waals surface area contributed by atoms with Gasteiger partial charge < -0.3 is 24.6 Å². The number of carbonyl (C=O) groups is 2. The molecule has 0 spiro atoms. The summed E-state index contributed by atoms with van der Waals surface area (Å²) in [6.07, 6.45) is 5.00. The van der Waals surface area contributed by atoms with Gasteiger partial charge in [0, 0.05) is 49.9 Å². The molecule has 2 amide bonds. The Morgan fingerprint density at radius 3 is 2.76 bits per heavy atom. The highest BCUT2D eigenvalue weighted by atomic mass is 19.1. The molecule has 2 aliphatic rings. The van der Waals surface area contributed by atoms with Crippen LogP contribution >= 0.6 is 0 Å². The van der Waals surface area contributed by atoms with Crippen LogP contribution in [0.15, 0.2) is 29.2 Å². The number of hydrogen-bond donors (Lipinski definition) is 2. The average molecular weight is 475 g/mol. The zero-order valence-corrected chi connectivity index (χ0v) is 18.9. The SMILES string of the molecule is CN1C(=O)c2c(O)c(=O)c(C(=O)NCc3ccc(F)cc3F)cn2CCOC[C@@H]2CCCC[C@@H]21. The summed E-state index contributed by atoms with van der Waals surface area (Å²) in [5.74, 6) is -3.57. The number of hydrogen-bond acceptors (Lipinski definition) is 5. The van der Waals surface area contributed by atoms with Crippen molar-refractivity contribution in [2.75, 3.05) is 20.3 Å². The van der Waals surface area contributed by atoms with Gasteiger partial charge in [-0.25, -0.2) is 8.78 Å². The second kappa shape index (κ2) is 9.92. The molecule has 0 bridgehead atoms. The summed E-state index contributed by atoms with van der Waals surface area (Å²) in [7, 11) is 1.65. The molecular weight excluding hydrogens is 448 g/mol. The van der Waals surface area contributed by atoms with E-state index in [4.69, 9.17) is 4.74 Å². The molecule has 1 aromatic carbocycles. The molecule has 10 heteroatoms. The van der Waals surface area contributed by atoms with Crippen LogP contribution in [-0.2, 0) is 17.8 Å². The molecule has 2 N–H and O–H groups in total. The van der Waals surface area contributed by atoms with Gasteiger partial charge in [-0.15, -0.1) is 0 Å². The molecule has 182 valence electrons.